The van der Waals surface area contributed by atoms with Crippen LogP contribution >= 0.6 is 15.9 Å². The summed E-state index contributed by atoms with van der Waals surface area (Å²) >= 11 is 3.45. The summed E-state index contributed by atoms with van der Waals surface area (Å²) in [6.45, 7) is 3.83. The van der Waals surface area contributed by atoms with Crippen molar-refractivity contribution in [3.63, 3.8) is 0 Å². The van der Waals surface area contributed by atoms with Crippen LogP contribution in [0.2, 0.25) is 0 Å². The minimum absolute atomic E-state index is 0.333. The number of aliphatic hydroxyl groups is 1. The number of halogens is 3. The molecule has 2 aromatic carbocycles. The van der Waals surface area contributed by atoms with Gasteiger partial charge >= 0.3 is 0 Å². The van der Waals surface area contributed by atoms with Gasteiger partial charge in [-0.25, -0.2) is 8.78 Å². The van der Waals surface area contributed by atoms with Crippen molar-refractivity contribution in [2.24, 2.45) is 0 Å². The van der Waals surface area contributed by atoms with E-state index >= 15 is 0 Å². The minimum Gasteiger partial charge on any atom is -0.384 e. The Bertz CT molecular complexity index is 603. The molecule has 2 aromatic rings. The van der Waals surface area contributed by atoms with Crippen molar-refractivity contribution in [3.05, 3.63) is 68.7 Å². The van der Waals surface area contributed by atoms with Crippen LogP contribution in [-0.4, -0.2) is 5.11 Å². The summed E-state index contributed by atoms with van der Waals surface area (Å²) in [5.41, 5.74) is 2.96. The fourth-order valence-electron chi connectivity index (χ4n) is 2.01. The summed E-state index contributed by atoms with van der Waals surface area (Å²) in [6, 6.07) is 7.07. The highest BCUT2D eigenvalue weighted by atomic mass is 79.9. The zero-order valence-electron chi connectivity index (χ0n) is 10.5. The van der Waals surface area contributed by atoms with Crippen molar-refractivity contribution in [2.45, 2.75) is 20.0 Å². The van der Waals surface area contributed by atoms with Crippen molar-refractivity contribution in [3.8, 4) is 0 Å². The van der Waals surface area contributed by atoms with Gasteiger partial charge in [0.15, 0.2) is 11.6 Å². The normalized spacial score (nSPS) is 12.5. The second kappa shape index (κ2) is 5.39. The molecule has 0 saturated heterocycles. The van der Waals surface area contributed by atoms with Crippen LogP contribution < -0.4 is 0 Å². The molecule has 0 aliphatic carbocycles. The summed E-state index contributed by atoms with van der Waals surface area (Å²) in [7, 11) is 0. The molecule has 0 saturated carbocycles. The number of hydrogen-bond acceptors (Lipinski definition) is 1. The van der Waals surface area contributed by atoms with Gasteiger partial charge in [-0.05, 0) is 48.2 Å². The van der Waals surface area contributed by atoms with E-state index in [4.69, 9.17) is 0 Å². The number of aryl methyl sites for hydroxylation is 2. The number of hydrogen-bond donors (Lipinski definition) is 1. The second-order valence-electron chi connectivity index (χ2n) is 4.54. The van der Waals surface area contributed by atoms with Gasteiger partial charge in [0, 0.05) is 4.47 Å². The van der Waals surface area contributed by atoms with Crippen LogP contribution in [0.4, 0.5) is 8.78 Å². The molecule has 0 heterocycles. The van der Waals surface area contributed by atoms with Crippen LogP contribution in [0.1, 0.15) is 28.4 Å². The van der Waals surface area contributed by atoms with Crippen LogP contribution in [0.3, 0.4) is 0 Å². The smallest absolute Gasteiger partial charge is 0.159 e. The maximum Gasteiger partial charge on any atom is 0.159 e. The van der Waals surface area contributed by atoms with E-state index in [1.54, 1.807) is 0 Å². The van der Waals surface area contributed by atoms with Gasteiger partial charge < -0.3 is 5.11 Å². The molecule has 0 aliphatic rings. The van der Waals surface area contributed by atoms with Crippen molar-refractivity contribution >= 4 is 15.9 Å². The standard InChI is InChI=1S/C15H13BrF2O/c1-8-5-11(6-9(2)14(8)16)15(19)10-3-4-12(17)13(18)7-10/h3-7,15,19H,1-2H3. The van der Waals surface area contributed by atoms with Crippen LogP contribution in [0.5, 0.6) is 0 Å². The van der Waals surface area contributed by atoms with E-state index in [9.17, 15) is 13.9 Å². The average molecular weight is 327 g/mol. The summed E-state index contributed by atoms with van der Waals surface area (Å²) in [4.78, 5) is 0. The third kappa shape index (κ3) is 2.85. The number of aliphatic hydroxyl groups excluding tert-OH is 1. The molecule has 0 aromatic heterocycles. The Morgan fingerprint density at radius 1 is 0.947 bits per heavy atom. The largest absolute Gasteiger partial charge is 0.384 e. The highest BCUT2D eigenvalue weighted by molar-refractivity contribution is 9.10. The first kappa shape index (κ1) is 14.2. The van der Waals surface area contributed by atoms with Gasteiger partial charge in [0.1, 0.15) is 6.10 Å². The lowest BCUT2D eigenvalue weighted by Crippen LogP contribution is -2.02. The monoisotopic (exact) mass is 326 g/mol. The molecule has 1 nitrogen and oxygen atoms in total. The molecule has 1 atom stereocenters. The molecule has 2 rings (SSSR count). The Morgan fingerprint density at radius 3 is 2.05 bits per heavy atom. The van der Waals surface area contributed by atoms with E-state index in [1.165, 1.54) is 6.07 Å². The van der Waals surface area contributed by atoms with E-state index in [-0.39, 0.29) is 0 Å². The van der Waals surface area contributed by atoms with Crippen molar-refractivity contribution in [1.29, 1.82) is 0 Å². The number of rotatable bonds is 2. The first-order valence-corrected chi connectivity index (χ1v) is 6.59. The van der Waals surface area contributed by atoms with Gasteiger partial charge in [-0.2, -0.15) is 0 Å². The molecule has 1 unspecified atom stereocenters. The molecule has 0 fully saturated rings. The maximum atomic E-state index is 13.2. The first-order chi connectivity index (χ1) is 8.90. The first-order valence-electron chi connectivity index (χ1n) is 5.80. The fraction of sp³-hybridized carbons (Fsp3) is 0.200. The maximum absolute atomic E-state index is 13.2. The van der Waals surface area contributed by atoms with Crippen molar-refractivity contribution in [1.82, 2.24) is 0 Å². The predicted octanol–water partition coefficient (Wildman–Crippen LogP) is 4.43. The Kier molecular flexibility index (Phi) is 4.02. The SMILES string of the molecule is Cc1cc(C(O)c2ccc(F)c(F)c2)cc(C)c1Br. The molecule has 19 heavy (non-hydrogen) atoms. The van der Waals surface area contributed by atoms with Crippen LogP contribution in [-0.2, 0) is 0 Å². The summed E-state index contributed by atoms with van der Waals surface area (Å²) in [5, 5.41) is 10.2. The van der Waals surface area contributed by atoms with Crippen molar-refractivity contribution in [2.75, 3.05) is 0 Å². The van der Waals surface area contributed by atoms with Crippen molar-refractivity contribution < 1.29 is 13.9 Å². The Hall–Kier alpha value is -1.26. The molecule has 1 N–H and O–H groups in total. The molecule has 100 valence electrons. The van der Waals surface area contributed by atoms with E-state index in [0.29, 0.717) is 11.1 Å². The molecule has 0 bridgehead atoms. The average Bonchev–Trinajstić information content (AvgIpc) is 2.37. The molecule has 4 heteroatoms. The highest BCUT2D eigenvalue weighted by Gasteiger charge is 2.15. The molecule has 0 aliphatic heterocycles. The molecule has 0 amide bonds. The molecular formula is C15H13BrF2O. The van der Waals surface area contributed by atoms with Gasteiger partial charge in [0.05, 0.1) is 0 Å². The fourth-order valence-corrected chi connectivity index (χ4v) is 2.24. The van der Waals surface area contributed by atoms with E-state index in [2.05, 4.69) is 15.9 Å². The topological polar surface area (TPSA) is 20.2 Å². The van der Waals surface area contributed by atoms with E-state index in [1.807, 2.05) is 26.0 Å². The zero-order valence-corrected chi connectivity index (χ0v) is 12.1. The summed E-state index contributed by atoms with van der Waals surface area (Å²) < 4.78 is 27.0. The molecule has 0 spiro atoms. The minimum atomic E-state index is -0.972. The Balaban J connectivity index is 2.43. The number of benzene rings is 2. The van der Waals surface area contributed by atoms with E-state index < -0.39 is 17.7 Å². The van der Waals surface area contributed by atoms with Gasteiger partial charge in [-0.3, -0.25) is 0 Å². The van der Waals surface area contributed by atoms with Gasteiger partial charge in [0.2, 0.25) is 0 Å². The Morgan fingerprint density at radius 2 is 1.53 bits per heavy atom. The van der Waals surface area contributed by atoms with Gasteiger partial charge in [-0.1, -0.05) is 34.1 Å². The lowest BCUT2D eigenvalue weighted by molar-refractivity contribution is 0.219. The third-order valence-corrected chi connectivity index (χ3v) is 4.28. The third-order valence-electron chi connectivity index (χ3n) is 3.03. The zero-order chi connectivity index (χ0) is 14.2. The predicted molar refractivity (Wildman–Crippen MR) is 74.0 cm³/mol. The van der Waals surface area contributed by atoms with Crippen LogP contribution in [0.25, 0.3) is 0 Å². The molecular weight excluding hydrogens is 314 g/mol. The Labute approximate surface area is 119 Å². The summed E-state index contributed by atoms with van der Waals surface area (Å²) in [6.07, 6.45) is -0.972. The van der Waals surface area contributed by atoms with Crippen LogP contribution in [0.15, 0.2) is 34.8 Å². The lowest BCUT2D eigenvalue weighted by Gasteiger charge is -2.14. The van der Waals surface area contributed by atoms with Crippen LogP contribution in [0, 0.1) is 25.5 Å². The van der Waals surface area contributed by atoms with Gasteiger partial charge in [0.25, 0.3) is 0 Å². The van der Waals surface area contributed by atoms with Gasteiger partial charge in [-0.15, -0.1) is 0 Å². The summed E-state index contributed by atoms with van der Waals surface area (Å²) in [5.74, 6) is -1.87. The highest BCUT2D eigenvalue weighted by Crippen LogP contribution is 2.29. The lowest BCUT2D eigenvalue weighted by atomic mass is 9.98. The second-order valence-corrected chi connectivity index (χ2v) is 5.34. The van der Waals surface area contributed by atoms with E-state index in [0.717, 1.165) is 27.7 Å². The molecule has 0 radical (unpaired) electrons. The quantitative estimate of drug-likeness (QED) is 0.865.